The highest BCUT2D eigenvalue weighted by Crippen LogP contribution is 2.33. The molecule has 1 fully saturated rings. The molecule has 1 unspecified atom stereocenters. The topological polar surface area (TPSA) is 58.1 Å². The Balaban J connectivity index is 2.07. The fourth-order valence-electron chi connectivity index (χ4n) is 2.44. The summed E-state index contributed by atoms with van der Waals surface area (Å²) < 4.78 is 0. The molecule has 3 rings (SSSR count). The lowest BCUT2D eigenvalue weighted by molar-refractivity contribution is -0.118. The highest BCUT2D eigenvalue weighted by molar-refractivity contribution is 6.02. The van der Waals surface area contributed by atoms with Crippen LogP contribution >= 0.6 is 0 Å². The van der Waals surface area contributed by atoms with Crippen LogP contribution < -0.4 is 10.2 Å². The first-order valence-electron chi connectivity index (χ1n) is 5.67. The van der Waals surface area contributed by atoms with Crippen LogP contribution in [0.3, 0.4) is 0 Å². The van der Waals surface area contributed by atoms with E-state index in [-0.39, 0.29) is 11.9 Å². The molecule has 0 aliphatic carbocycles. The quantitative estimate of drug-likeness (QED) is 0.708. The Bertz CT molecular complexity index is 446. The zero-order valence-corrected chi connectivity index (χ0v) is 9.23. The van der Waals surface area contributed by atoms with Crippen molar-refractivity contribution in [2.75, 3.05) is 16.8 Å². The summed E-state index contributed by atoms with van der Waals surface area (Å²) in [6.07, 6.45) is 4.87. The van der Waals surface area contributed by atoms with Gasteiger partial charge >= 0.3 is 0 Å². The van der Waals surface area contributed by atoms with Gasteiger partial charge in [-0.25, -0.2) is 9.97 Å². The van der Waals surface area contributed by atoms with Gasteiger partial charge in [0.05, 0.1) is 6.20 Å². The number of nitrogens with zero attached hydrogens (tertiary/aromatic N) is 3. The molecule has 5 nitrogen and oxygen atoms in total. The van der Waals surface area contributed by atoms with Crippen LogP contribution in [-0.2, 0) is 4.79 Å². The van der Waals surface area contributed by atoms with Gasteiger partial charge in [-0.05, 0) is 26.2 Å². The molecule has 1 N–H and O–H groups in total. The average molecular weight is 218 g/mol. The predicted octanol–water partition coefficient (Wildman–Crippen LogP) is 1.10. The molecule has 2 aliphatic rings. The van der Waals surface area contributed by atoms with E-state index in [1.807, 2.05) is 6.92 Å². The first kappa shape index (κ1) is 9.57. The molecule has 1 saturated heterocycles. The SMILES string of the molecule is Cc1ncc2c(n1)N1CCCCC1C(=O)N2. The maximum atomic E-state index is 11.9. The van der Waals surface area contributed by atoms with Crippen LogP contribution in [0.1, 0.15) is 25.1 Å². The number of carbonyl (C=O) groups excluding carboxylic acids is 1. The maximum Gasteiger partial charge on any atom is 0.247 e. The first-order valence-corrected chi connectivity index (χ1v) is 5.67. The molecule has 5 heteroatoms. The number of hydrogen-bond acceptors (Lipinski definition) is 4. The number of rotatable bonds is 0. The molecule has 0 saturated carbocycles. The van der Waals surface area contributed by atoms with Crippen molar-refractivity contribution in [1.82, 2.24) is 9.97 Å². The minimum Gasteiger partial charge on any atom is -0.343 e. The number of aryl methyl sites for hydroxylation is 1. The summed E-state index contributed by atoms with van der Waals surface area (Å²) in [5.74, 6) is 1.72. The van der Waals surface area contributed by atoms with Crippen molar-refractivity contribution in [3.8, 4) is 0 Å². The Labute approximate surface area is 93.9 Å². The van der Waals surface area contributed by atoms with Gasteiger partial charge in [-0.2, -0.15) is 0 Å². The van der Waals surface area contributed by atoms with E-state index in [2.05, 4.69) is 20.2 Å². The fraction of sp³-hybridized carbons (Fsp3) is 0.545. The van der Waals surface area contributed by atoms with E-state index in [1.54, 1.807) is 6.20 Å². The summed E-state index contributed by atoms with van der Waals surface area (Å²) in [5, 5.41) is 2.88. The smallest absolute Gasteiger partial charge is 0.247 e. The summed E-state index contributed by atoms with van der Waals surface area (Å²) in [7, 11) is 0. The standard InChI is InChI=1S/C11H14N4O/c1-7-12-6-8-10(13-7)15-5-3-2-4-9(15)11(16)14-8/h6,9H,2-5H2,1H3,(H,14,16). The highest BCUT2D eigenvalue weighted by atomic mass is 16.2. The number of nitrogens with one attached hydrogen (secondary N) is 1. The van der Waals surface area contributed by atoms with Gasteiger partial charge in [-0.15, -0.1) is 0 Å². The van der Waals surface area contributed by atoms with Gasteiger partial charge in [0, 0.05) is 6.54 Å². The lowest BCUT2D eigenvalue weighted by Crippen LogP contribution is -2.51. The lowest BCUT2D eigenvalue weighted by atomic mass is 9.99. The van der Waals surface area contributed by atoms with E-state index >= 15 is 0 Å². The Hall–Kier alpha value is -1.65. The van der Waals surface area contributed by atoms with Gasteiger partial charge in [0.2, 0.25) is 5.91 Å². The largest absolute Gasteiger partial charge is 0.343 e. The van der Waals surface area contributed by atoms with Gasteiger partial charge in [-0.1, -0.05) is 0 Å². The summed E-state index contributed by atoms with van der Waals surface area (Å²) in [6.45, 7) is 2.79. The predicted molar refractivity (Wildman–Crippen MR) is 60.4 cm³/mol. The summed E-state index contributed by atoms with van der Waals surface area (Å²) >= 11 is 0. The number of amides is 1. The van der Waals surface area contributed by atoms with Crippen LogP contribution in [0, 0.1) is 6.92 Å². The summed E-state index contributed by atoms with van der Waals surface area (Å²) in [5.41, 5.74) is 0.744. The second-order valence-electron chi connectivity index (χ2n) is 4.35. The number of anilines is 2. The third kappa shape index (κ3) is 1.35. The zero-order valence-electron chi connectivity index (χ0n) is 9.23. The molecule has 0 bridgehead atoms. The van der Waals surface area contributed by atoms with Gasteiger partial charge in [0.15, 0.2) is 5.82 Å². The minimum atomic E-state index is -0.0319. The number of piperidine rings is 1. The van der Waals surface area contributed by atoms with Crippen molar-refractivity contribution in [3.05, 3.63) is 12.0 Å². The third-order valence-electron chi connectivity index (χ3n) is 3.22. The molecule has 1 atom stereocenters. The Morgan fingerprint density at radius 2 is 2.38 bits per heavy atom. The Morgan fingerprint density at radius 3 is 3.25 bits per heavy atom. The summed E-state index contributed by atoms with van der Waals surface area (Å²) in [6, 6.07) is -0.0319. The first-order chi connectivity index (χ1) is 7.75. The molecular formula is C11H14N4O. The second-order valence-corrected chi connectivity index (χ2v) is 4.35. The van der Waals surface area contributed by atoms with Crippen LogP contribution in [0.25, 0.3) is 0 Å². The van der Waals surface area contributed by atoms with E-state index in [4.69, 9.17) is 0 Å². The van der Waals surface area contributed by atoms with E-state index in [9.17, 15) is 4.79 Å². The van der Waals surface area contributed by atoms with Crippen LogP contribution in [0.15, 0.2) is 6.20 Å². The molecule has 1 aromatic heterocycles. The van der Waals surface area contributed by atoms with Crippen LogP contribution in [0.2, 0.25) is 0 Å². The molecule has 84 valence electrons. The monoisotopic (exact) mass is 218 g/mol. The van der Waals surface area contributed by atoms with Crippen molar-refractivity contribution < 1.29 is 4.79 Å². The maximum absolute atomic E-state index is 11.9. The molecule has 1 aromatic rings. The molecule has 0 radical (unpaired) electrons. The van der Waals surface area contributed by atoms with Crippen molar-refractivity contribution >= 4 is 17.4 Å². The number of fused-ring (bicyclic) bond motifs is 3. The number of aromatic nitrogens is 2. The lowest BCUT2D eigenvalue weighted by Gasteiger charge is -2.39. The van der Waals surface area contributed by atoms with Gasteiger partial charge in [0.25, 0.3) is 0 Å². The molecule has 2 aliphatic heterocycles. The average Bonchev–Trinajstić information content (AvgIpc) is 2.31. The number of hydrogen-bond donors (Lipinski definition) is 1. The van der Waals surface area contributed by atoms with Crippen molar-refractivity contribution in [2.45, 2.75) is 32.2 Å². The van der Waals surface area contributed by atoms with E-state index in [0.717, 1.165) is 43.1 Å². The fourth-order valence-corrected chi connectivity index (χ4v) is 2.44. The van der Waals surface area contributed by atoms with Crippen molar-refractivity contribution in [1.29, 1.82) is 0 Å². The Morgan fingerprint density at radius 1 is 1.50 bits per heavy atom. The van der Waals surface area contributed by atoms with E-state index in [0.29, 0.717) is 0 Å². The third-order valence-corrected chi connectivity index (χ3v) is 3.22. The molecule has 1 amide bonds. The normalized spacial score (nSPS) is 23.4. The van der Waals surface area contributed by atoms with Crippen LogP contribution in [0.5, 0.6) is 0 Å². The molecule has 0 spiro atoms. The van der Waals surface area contributed by atoms with Gasteiger partial charge in [0.1, 0.15) is 17.6 Å². The zero-order chi connectivity index (χ0) is 11.1. The number of carbonyl (C=O) groups is 1. The van der Waals surface area contributed by atoms with Crippen molar-refractivity contribution in [3.63, 3.8) is 0 Å². The van der Waals surface area contributed by atoms with E-state index in [1.165, 1.54) is 0 Å². The molecule has 16 heavy (non-hydrogen) atoms. The minimum absolute atomic E-state index is 0.0319. The summed E-state index contributed by atoms with van der Waals surface area (Å²) in [4.78, 5) is 22.5. The van der Waals surface area contributed by atoms with Crippen LogP contribution in [-0.4, -0.2) is 28.5 Å². The second kappa shape index (κ2) is 3.43. The highest BCUT2D eigenvalue weighted by Gasteiger charge is 2.35. The van der Waals surface area contributed by atoms with Gasteiger partial charge in [-0.3, -0.25) is 4.79 Å². The van der Waals surface area contributed by atoms with Gasteiger partial charge < -0.3 is 10.2 Å². The van der Waals surface area contributed by atoms with Crippen molar-refractivity contribution in [2.24, 2.45) is 0 Å². The van der Waals surface area contributed by atoms with E-state index < -0.39 is 0 Å². The Kier molecular flexibility index (Phi) is 2.05. The molecular weight excluding hydrogens is 204 g/mol. The molecule has 0 aromatic carbocycles. The van der Waals surface area contributed by atoms with Crippen LogP contribution in [0.4, 0.5) is 11.5 Å². The molecule has 3 heterocycles.